The summed E-state index contributed by atoms with van der Waals surface area (Å²) in [5.74, 6) is 0.0520. The van der Waals surface area contributed by atoms with E-state index >= 15 is 0 Å². The molecule has 8 heteroatoms. The molecule has 0 aliphatic carbocycles. The van der Waals surface area contributed by atoms with E-state index < -0.39 is 16.9 Å². The number of aliphatic hydroxyl groups is 1. The Bertz CT molecular complexity index is 588. The first-order chi connectivity index (χ1) is 11.3. The third kappa shape index (κ3) is 5.09. The lowest BCUT2D eigenvalue weighted by Gasteiger charge is -2.18. The molecule has 134 valence electrons. The Morgan fingerprint density at radius 2 is 2.04 bits per heavy atom. The van der Waals surface area contributed by atoms with Crippen molar-refractivity contribution < 1.29 is 24.3 Å². The Morgan fingerprint density at radius 3 is 2.50 bits per heavy atom. The van der Waals surface area contributed by atoms with Gasteiger partial charge in [-0.2, -0.15) is 0 Å². The highest BCUT2D eigenvalue weighted by Gasteiger charge is 2.26. The largest absolute Gasteiger partial charge is 0.493 e. The topological polar surface area (TPSA) is 111 Å². The number of rotatable bonds is 9. The fourth-order valence-electron chi connectivity index (χ4n) is 2.32. The van der Waals surface area contributed by atoms with Gasteiger partial charge in [0, 0.05) is 6.07 Å². The van der Waals surface area contributed by atoms with Crippen LogP contribution in [0, 0.1) is 16.0 Å². The smallest absolute Gasteiger partial charge is 0.286 e. The molecule has 1 amide bonds. The van der Waals surface area contributed by atoms with Crippen LogP contribution in [0.3, 0.4) is 0 Å². The van der Waals surface area contributed by atoms with E-state index in [2.05, 4.69) is 5.32 Å². The molecule has 1 aromatic rings. The number of aliphatic hydroxyl groups excluding tert-OH is 1. The number of nitro benzene ring substituents is 1. The molecule has 0 heterocycles. The van der Waals surface area contributed by atoms with Crippen molar-refractivity contribution in [2.75, 3.05) is 20.3 Å². The van der Waals surface area contributed by atoms with E-state index in [0.29, 0.717) is 13.0 Å². The van der Waals surface area contributed by atoms with Gasteiger partial charge < -0.3 is 19.9 Å². The van der Waals surface area contributed by atoms with E-state index in [1.165, 1.54) is 19.2 Å². The predicted molar refractivity (Wildman–Crippen MR) is 88.6 cm³/mol. The van der Waals surface area contributed by atoms with Crippen molar-refractivity contribution in [2.24, 2.45) is 5.92 Å². The van der Waals surface area contributed by atoms with E-state index in [9.17, 15) is 20.0 Å². The van der Waals surface area contributed by atoms with Gasteiger partial charge in [-0.25, -0.2) is 0 Å². The monoisotopic (exact) mass is 340 g/mol. The first-order valence-corrected chi connectivity index (χ1v) is 7.74. The van der Waals surface area contributed by atoms with Crippen molar-refractivity contribution in [1.82, 2.24) is 5.32 Å². The summed E-state index contributed by atoms with van der Waals surface area (Å²) in [7, 11) is 1.39. The van der Waals surface area contributed by atoms with Crippen LogP contribution in [0.25, 0.3) is 0 Å². The lowest BCUT2D eigenvalue weighted by molar-refractivity contribution is -0.385. The van der Waals surface area contributed by atoms with Gasteiger partial charge in [0.25, 0.3) is 11.6 Å². The third-order valence-electron chi connectivity index (χ3n) is 3.33. The normalized spacial score (nSPS) is 11.9. The number of carbonyl (C=O) groups excluding carboxylic acids is 1. The van der Waals surface area contributed by atoms with Crippen molar-refractivity contribution in [3.8, 4) is 11.5 Å². The standard InChI is InChI=1S/C16H24N2O6/c1-5-24-15-8-13(18(21)22)12(7-14(15)23-4)16(20)17-11(9-19)6-10(2)3/h7-8,10-11,19H,5-6,9H2,1-4H3,(H,17,20). The molecular weight excluding hydrogens is 316 g/mol. The molecule has 0 bridgehead atoms. The number of nitro groups is 1. The minimum absolute atomic E-state index is 0.137. The second-order valence-corrected chi connectivity index (χ2v) is 5.69. The quantitative estimate of drug-likeness (QED) is 0.526. The summed E-state index contributed by atoms with van der Waals surface area (Å²) in [4.78, 5) is 23.1. The molecule has 0 spiro atoms. The molecule has 0 aliphatic heterocycles. The summed E-state index contributed by atoms with van der Waals surface area (Å²) >= 11 is 0. The molecule has 1 atom stereocenters. The van der Waals surface area contributed by atoms with Crippen molar-refractivity contribution >= 4 is 11.6 Å². The van der Waals surface area contributed by atoms with Gasteiger partial charge in [0.15, 0.2) is 11.5 Å². The van der Waals surface area contributed by atoms with Gasteiger partial charge in [0.2, 0.25) is 0 Å². The highest BCUT2D eigenvalue weighted by molar-refractivity contribution is 5.99. The molecule has 0 saturated heterocycles. The summed E-state index contributed by atoms with van der Waals surface area (Å²) in [6.07, 6.45) is 0.560. The molecule has 24 heavy (non-hydrogen) atoms. The zero-order valence-electron chi connectivity index (χ0n) is 14.4. The number of benzene rings is 1. The van der Waals surface area contributed by atoms with Crippen LogP contribution in [-0.2, 0) is 0 Å². The molecule has 0 aliphatic rings. The number of hydrogen-bond donors (Lipinski definition) is 2. The number of carbonyl (C=O) groups is 1. The van der Waals surface area contributed by atoms with Crippen molar-refractivity contribution in [1.29, 1.82) is 0 Å². The van der Waals surface area contributed by atoms with Gasteiger partial charge >= 0.3 is 0 Å². The molecule has 8 nitrogen and oxygen atoms in total. The Balaban J connectivity index is 3.20. The number of methoxy groups -OCH3 is 1. The Morgan fingerprint density at radius 1 is 1.38 bits per heavy atom. The first-order valence-electron chi connectivity index (χ1n) is 7.74. The van der Waals surface area contributed by atoms with E-state index in [0.717, 1.165) is 0 Å². The van der Waals surface area contributed by atoms with Crippen LogP contribution in [-0.4, -0.2) is 42.3 Å². The van der Waals surface area contributed by atoms with Crippen LogP contribution >= 0.6 is 0 Å². The van der Waals surface area contributed by atoms with Crippen molar-refractivity contribution in [3.05, 3.63) is 27.8 Å². The SMILES string of the molecule is CCOc1cc([N+](=O)[O-])c(C(=O)NC(CO)CC(C)C)cc1OC. The van der Waals surface area contributed by atoms with Gasteiger partial charge in [-0.05, 0) is 19.3 Å². The minimum atomic E-state index is -0.646. The molecule has 0 radical (unpaired) electrons. The van der Waals surface area contributed by atoms with Crippen LogP contribution in [0.15, 0.2) is 12.1 Å². The lowest BCUT2D eigenvalue weighted by Crippen LogP contribution is -2.38. The van der Waals surface area contributed by atoms with Crippen LogP contribution in [0.1, 0.15) is 37.6 Å². The summed E-state index contributed by atoms with van der Waals surface area (Å²) in [5.41, 5.74) is -0.513. The molecule has 0 fully saturated rings. The number of amides is 1. The maximum Gasteiger partial charge on any atom is 0.286 e. The molecule has 2 N–H and O–H groups in total. The Kier molecular flexibility index (Phi) is 7.44. The van der Waals surface area contributed by atoms with Gasteiger partial charge in [-0.1, -0.05) is 13.8 Å². The minimum Gasteiger partial charge on any atom is -0.493 e. The van der Waals surface area contributed by atoms with Gasteiger partial charge in [0.05, 0.1) is 37.4 Å². The number of ether oxygens (including phenoxy) is 2. The van der Waals surface area contributed by atoms with E-state index in [4.69, 9.17) is 9.47 Å². The summed E-state index contributed by atoms with van der Waals surface area (Å²) < 4.78 is 10.4. The third-order valence-corrected chi connectivity index (χ3v) is 3.33. The zero-order valence-corrected chi connectivity index (χ0v) is 14.4. The second kappa shape index (κ2) is 9.07. The molecule has 1 unspecified atom stereocenters. The molecule has 0 aromatic heterocycles. The zero-order chi connectivity index (χ0) is 18.3. The summed E-state index contributed by atoms with van der Waals surface area (Å²) in [5, 5.41) is 23.3. The molecule has 0 saturated carbocycles. The number of hydrogen-bond acceptors (Lipinski definition) is 6. The van der Waals surface area contributed by atoms with Crippen LogP contribution < -0.4 is 14.8 Å². The molecular formula is C16H24N2O6. The van der Waals surface area contributed by atoms with Crippen LogP contribution in [0.4, 0.5) is 5.69 Å². The summed E-state index contributed by atoms with van der Waals surface area (Å²) in [6, 6.07) is 1.98. The highest BCUT2D eigenvalue weighted by atomic mass is 16.6. The summed E-state index contributed by atoms with van der Waals surface area (Å²) in [6.45, 7) is 5.71. The average molecular weight is 340 g/mol. The Labute approximate surface area is 140 Å². The van der Waals surface area contributed by atoms with Crippen molar-refractivity contribution in [3.63, 3.8) is 0 Å². The fourth-order valence-corrected chi connectivity index (χ4v) is 2.32. The second-order valence-electron chi connectivity index (χ2n) is 5.69. The van der Waals surface area contributed by atoms with Gasteiger partial charge in [-0.3, -0.25) is 14.9 Å². The maximum atomic E-state index is 12.4. The van der Waals surface area contributed by atoms with Crippen LogP contribution in [0.2, 0.25) is 0 Å². The highest BCUT2D eigenvalue weighted by Crippen LogP contribution is 2.34. The Hall–Kier alpha value is -2.35. The number of nitrogens with zero attached hydrogens (tertiary/aromatic N) is 1. The average Bonchev–Trinajstić information content (AvgIpc) is 2.53. The van der Waals surface area contributed by atoms with Gasteiger partial charge in [-0.15, -0.1) is 0 Å². The number of nitrogens with one attached hydrogen (secondary N) is 1. The predicted octanol–water partition coefficient (Wildman–Crippen LogP) is 2.14. The first kappa shape index (κ1) is 19.7. The van der Waals surface area contributed by atoms with E-state index in [-0.39, 0.29) is 35.3 Å². The lowest BCUT2D eigenvalue weighted by atomic mass is 10.0. The maximum absolute atomic E-state index is 12.4. The van der Waals surface area contributed by atoms with Crippen molar-refractivity contribution in [2.45, 2.75) is 33.2 Å². The van der Waals surface area contributed by atoms with Crippen LogP contribution in [0.5, 0.6) is 11.5 Å². The van der Waals surface area contributed by atoms with E-state index in [1.54, 1.807) is 6.92 Å². The molecule has 1 rings (SSSR count). The van der Waals surface area contributed by atoms with E-state index in [1.807, 2.05) is 13.8 Å². The molecule has 1 aromatic carbocycles. The fraction of sp³-hybridized carbons (Fsp3) is 0.562. The van der Waals surface area contributed by atoms with Gasteiger partial charge in [0.1, 0.15) is 5.56 Å².